The van der Waals surface area contributed by atoms with Crippen LogP contribution in [-0.2, 0) is 38.3 Å². The van der Waals surface area contributed by atoms with E-state index in [1.54, 1.807) is 18.1 Å². The van der Waals surface area contributed by atoms with Gasteiger partial charge in [-0.2, -0.15) is 0 Å². The van der Waals surface area contributed by atoms with E-state index in [-0.39, 0.29) is 18.5 Å². The predicted octanol–water partition coefficient (Wildman–Crippen LogP) is 9.02. The molecule has 1 saturated carbocycles. The van der Waals surface area contributed by atoms with Gasteiger partial charge in [0.1, 0.15) is 0 Å². The number of hydrogen-bond acceptors (Lipinski definition) is 5. The highest BCUT2D eigenvalue weighted by Gasteiger charge is 2.22. The Morgan fingerprint density at radius 2 is 1.56 bits per heavy atom. The summed E-state index contributed by atoms with van der Waals surface area (Å²) in [7, 11) is 0. The van der Waals surface area contributed by atoms with Gasteiger partial charge in [0.25, 0.3) is 0 Å². The molecule has 5 nitrogen and oxygen atoms in total. The highest BCUT2D eigenvalue weighted by molar-refractivity contribution is 5.86. The summed E-state index contributed by atoms with van der Waals surface area (Å²) in [5.74, 6) is 0.126. The van der Waals surface area contributed by atoms with Gasteiger partial charge < -0.3 is 14.6 Å². The van der Waals surface area contributed by atoms with E-state index in [1.165, 1.54) is 76.2 Å². The van der Waals surface area contributed by atoms with Crippen LogP contribution in [0.25, 0.3) is 0 Å². The van der Waals surface area contributed by atoms with Gasteiger partial charge in [0, 0.05) is 5.57 Å². The van der Waals surface area contributed by atoms with Crippen LogP contribution in [0.5, 0.6) is 0 Å². The Balaban J connectivity index is 1.71. The van der Waals surface area contributed by atoms with Crippen molar-refractivity contribution >= 4 is 11.9 Å². The first-order chi connectivity index (χ1) is 19.7. The van der Waals surface area contributed by atoms with Gasteiger partial charge in [-0.15, -0.1) is 0 Å². The van der Waals surface area contributed by atoms with Crippen molar-refractivity contribution in [3.05, 3.63) is 59.4 Å². The van der Waals surface area contributed by atoms with E-state index < -0.39 is 11.7 Å². The molecule has 1 aromatic rings. The third kappa shape index (κ3) is 13.8. The smallest absolute Gasteiger partial charge is 0.372 e. The van der Waals surface area contributed by atoms with Crippen LogP contribution in [0.2, 0.25) is 0 Å². The van der Waals surface area contributed by atoms with Crippen molar-refractivity contribution in [3.63, 3.8) is 0 Å². The van der Waals surface area contributed by atoms with Gasteiger partial charge >= 0.3 is 11.9 Å². The fraction of sp³-hybridized carbons (Fsp3) is 0.667. The topological polar surface area (TPSA) is 72.8 Å². The summed E-state index contributed by atoms with van der Waals surface area (Å²) < 4.78 is 10.4. The number of aliphatic hydroxyl groups excluding tert-OH is 1. The van der Waals surface area contributed by atoms with Crippen LogP contribution < -0.4 is 0 Å². The number of rotatable bonds is 20. The Morgan fingerprint density at radius 1 is 0.878 bits per heavy atom. The van der Waals surface area contributed by atoms with Crippen molar-refractivity contribution in [2.45, 2.75) is 124 Å². The van der Waals surface area contributed by atoms with Crippen molar-refractivity contribution in [2.24, 2.45) is 17.8 Å². The molecular formula is C36H56O5. The Hall–Kier alpha value is -2.56. The van der Waals surface area contributed by atoms with Crippen LogP contribution in [-0.4, -0.2) is 30.3 Å². The molecule has 0 saturated heterocycles. The predicted molar refractivity (Wildman–Crippen MR) is 168 cm³/mol. The molecule has 0 amide bonds. The van der Waals surface area contributed by atoms with Crippen LogP contribution >= 0.6 is 0 Å². The Morgan fingerprint density at radius 3 is 2.20 bits per heavy atom. The fourth-order valence-electron chi connectivity index (χ4n) is 6.10. The molecule has 230 valence electrons. The number of carbonyl (C=O) groups is 2. The molecule has 1 aliphatic carbocycles. The number of unbranched alkanes of at least 4 members (excludes halogenated alkanes) is 2. The second-order valence-electron chi connectivity index (χ2n) is 12.2. The average Bonchev–Trinajstić information content (AvgIpc) is 2.97. The number of aliphatic hydroxyl groups is 1. The Labute approximate surface area is 249 Å². The first-order valence-electron chi connectivity index (χ1n) is 16.2. The highest BCUT2D eigenvalue weighted by atomic mass is 16.5. The monoisotopic (exact) mass is 568 g/mol. The van der Waals surface area contributed by atoms with E-state index in [9.17, 15) is 9.59 Å². The van der Waals surface area contributed by atoms with E-state index >= 15 is 0 Å². The summed E-state index contributed by atoms with van der Waals surface area (Å²) >= 11 is 0. The lowest BCUT2D eigenvalue weighted by atomic mass is 9.77. The molecule has 1 unspecified atom stereocenters. The molecule has 0 radical (unpaired) electrons. The molecule has 0 bridgehead atoms. The molecule has 2 rings (SSSR count). The maximum absolute atomic E-state index is 11.9. The average molecular weight is 569 g/mol. The SMILES string of the molecule is C=C(C)C(=O)OCC(CCCOC(=O)C(=C)O)CCCC1CCC(CCc2ccc(CCCCC)c(CC)c2)CC1. The van der Waals surface area contributed by atoms with Gasteiger partial charge in [-0.3, -0.25) is 0 Å². The maximum atomic E-state index is 11.9. The molecule has 0 heterocycles. The lowest BCUT2D eigenvalue weighted by molar-refractivity contribution is -0.142. The van der Waals surface area contributed by atoms with Gasteiger partial charge in [-0.1, -0.05) is 90.0 Å². The van der Waals surface area contributed by atoms with Crippen LogP contribution in [0.1, 0.15) is 121 Å². The van der Waals surface area contributed by atoms with Crippen LogP contribution in [0.4, 0.5) is 0 Å². The summed E-state index contributed by atoms with van der Waals surface area (Å²) in [6.07, 6.45) is 18.8. The Bertz CT molecular complexity index is 957. The maximum Gasteiger partial charge on any atom is 0.372 e. The molecule has 41 heavy (non-hydrogen) atoms. The number of ether oxygens (including phenoxy) is 2. The summed E-state index contributed by atoms with van der Waals surface area (Å²) in [4.78, 5) is 23.3. The van der Waals surface area contributed by atoms with Crippen molar-refractivity contribution in [1.29, 1.82) is 0 Å². The number of hydrogen-bond donors (Lipinski definition) is 1. The first kappa shape index (κ1) is 34.6. The number of esters is 2. The van der Waals surface area contributed by atoms with Crippen molar-refractivity contribution in [1.82, 2.24) is 0 Å². The van der Waals surface area contributed by atoms with Gasteiger partial charge in [0.05, 0.1) is 13.2 Å². The molecule has 0 aliphatic heterocycles. The van der Waals surface area contributed by atoms with E-state index in [1.807, 2.05) is 0 Å². The summed E-state index contributed by atoms with van der Waals surface area (Å²) in [6.45, 7) is 13.6. The first-order valence-corrected chi connectivity index (χ1v) is 16.2. The molecule has 5 heteroatoms. The molecule has 1 aliphatic rings. The lowest BCUT2D eigenvalue weighted by Gasteiger charge is -2.29. The lowest BCUT2D eigenvalue weighted by Crippen LogP contribution is -2.18. The van der Waals surface area contributed by atoms with Gasteiger partial charge in [-0.25, -0.2) is 9.59 Å². The fourth-order valence-corrected chi connectivity index (χ4v) is 6.10. The molecule has 1 atom stereocenters. The van der Waals surface area contributed by atoms with Crippen LogP contribution in [0.3, 0.4) is 0 Å². The molecule has 1 fully saturated rings. The third-order valence-corrected chi connectivity index (χ3v) is 8.76. The van der Waals surface area contributed by atoms with Crippen molar-refractivity contribution < 1.29 is 24.2 Å². The Kier molecular flexibility index (Phi) is 16.5. The van der Waals surface area contributed by atoms with E-state index in [4.69, 9.17) is 14.6 Å². The minimum absolute atomic E-state index is 0.218. The third-order valence-electron chi connectivity index (χ3n) is 8.76. The van der Waals surface area contributed by atoms with Crippen LogP contribution in [0, 0.1) is 17.8 Å². The molecule has 0 spiro atoms. The number of benzene rings is 1. The molecule has 0 aromatic heterocycles. The van der Waals surface area contributed by atoms with Crippen LogP contribution in [0.15, 0.2) is 42.7 Å². The van der Waals surface area contributed by atoms with Gasteiger partial charge in [0.15, 0.2) is 5.76 Å². The molecule has 1 N–H and O–H groups in total. The van der Waals surface area contributed by atoms with Gasteiger partial charge in [0.2, 0.25) is 0 Å². The van der Waals surface area contributed by atoms with Crippen molar-refractivity contribution in [3.8, 4) is 0 Å². The quantitative estimate of drug-likeness (QED) is 0.0735. The van der Waals surface area contributed by atoms with Gasteiger partial charge in [-0.05, 0) is 99.3 Å². The zero-order valence-electron chi connectivity index (χ0n) is 26.2. The second-order valence-corrected chi connectivity index (χ2v) is 12.2. The summed E-state index contributed by atoms with van der Waals surface area (Å²) in [5, 5.41) is 9.09. The normalized spacial score (nSPS) is 17.5. The summed E-state index contributed by atoms with van der Waals surface area (Å²) in [5.41, 5.74) is 5.02. The molecule has 1 aromatic carbocycles. The number of aryl methyl sites for hydroxylation is 3. The number of carbonyl (C=O) groups excluding carboxylic acids is 2. The summed E-state index contributed by atoms with van der Waals surface area (Å²) in [6, 6.07) is 7.25. The standard InChI is InChI=1S/C36H56O5/c1-6-8-9-15-34-23-22-31(25-33(34)7-2)21-20-30-18-16-29(17-19-30)12-10-13-32(26-41-35(38)27(3)4)14-11-24-40-36(39)28(5)37/h22-23,25,29-30,32,37H,3,5-21,24,26H2,1-2,4H3. The zero-order chi connectivity index (χ0) is 30.0. The highest BCUT2D eigenvalue weighted by Crippen LogP contribution is 2.35. The largest absolute Gasteiger partial charge is 0.502 e. The molecular weight excluding hydrogens is 512 g/mol. The minimum atomic E-state index is -0.785. The van der Waals surface area contributed by atoms with Crippen molar-refractivity contribution in [2.75, 3.05) is 13.2 Å². The minimum Gasteiger partial charge on any atom is -0.502 e. The zero-order valence-corrected chi connectivity index (χ0v) is 26.2. The van der Waals surface area contributed by atoms with E-state index in [2.05, 4.69) is 45.2 Å². The van der Waals surface area contributed by atoms with E-state index in [0.29, 0.717) is 18.6 Å². The second kappa shape index (κ2) is 19.5. The van der Waals surface area contributed by atoms with E-state index in [0.717, 1.165) is 37.5 Å².